The van der Waals surface area contributed by atoms with Crippen LogP contribution in [0.3, 0.4) is 0 Å². The third-order valence-electron chi connectivity index (χ3n) is 2.93. The highest BCUT2D eigenvalue weighted by Crippen LogP contribution is 2.30. The predicted molar refractivity (Wildman–Crippen MR) is 71.6 cm³/mol. The van der Waals surface area contributed by atoms with Crippen molar-refractivity contribution in [3.05, 3.63) is 48.3 Å². The van der Waals surface area contributed by atoms with Gasteiger partial charge in [-0.05, 0) is 31.2 Å². The molecule has 7 heteroatoms. The molecule has 2 aromatic rings. The summed E-state index contributed by atoms with van der Waals surface area (Å²) in [6, 6.07) is 6.12. The lowest BCUT2D eigenvalue weighted by Crippen LogP contribution is -2.18. The number of anilines is 1. The lowest BCUT2D eigenvalue weighted by Gasteiger charge is -2.13. The van der Waals surface area contributed by atoms with Crippen LogP contribution in [0.1, 0.15) is 24.9 Å². The second-order valence-corrected chi connectivity index (χ2v) is 4.67. The summed E-state index contributed by atoms with van der Waals surface area (Å²) < 4.78 is 39.3. The fourth-order valence-electron chi connectivity index (χ4n) is 1.89. The van der Waals surface area contributed by atoms with Crippen LogP contribution in [0.5, 0.6) is 0 Å². The van der Waals surface area contributed by atoms with Crippen LogP contribution in [-0.2, 0) is 11.0 Å². The Bertz CT molecular complexity index is 608. The topological polar surface area (TPSA) is 46.9 Å². The van der Waals surface area contributed by atoms with E-state index in [0.717, 1.165) is 12.1 Å². The number of rotatable bonds is 4. The highest BCUT2D eigenvalue weighted by molar-refractivity contribution is 5.91. The maximum absolute atomic E-state index is 12.6. The molecule has 0 spiro atoms. The first-order valence-corrected chi connectivity index (χ1v) is 6.32. The zero-order valence-corrected chi connectivity index (χ0v) is 11.3. The van der Waals surface area contributed by atoms with Gasteiger partial charge in [-0.2, -0.15) is 18.3 Å². The average Bonchev–Trinajstić information content (AvgIpc) is 2.91. The van der Waals surface area contributed by atoms with Crippen LogP contribution in [0, 0.1) is 0 Å². The fourth-order valence-corrected chi connectivity index (χ4v) is 1.89. The van der Waals surface area contributed by atoms with Crippen LogP contribution in [0.2, 0.25) is 0 Å². The summed E-state index contributed by atoms with van der Waals surface area (Å²) in [5, 5.41) is 6.48. The zero-order chi connectivity index (χ0) is 15.5. The monoisotopic (exact) mass is 297 g/mol. The zero-order valence-electron chi connectivity index (χ0n) is 11.3. The Morgan fingerprint density at radius 3 is 2.76 bits per heavy atom. The van der Waals surface area contributed by atoms with Crippen LogP contribution < -0.4 is 5.32 Å². The number of hydrogen-bond donors (Lipinski definition) is 1. The summed E-state index contributed by atoms with van der Waals surface area (Å²) in [5.74, 6) is -0.364. The van der Waals surface area contributed by atoms with E-state index in [4.69, 9.17) is 0 Å². The molecule has 2 rings (SSSR count). The number of amides is 1. The number of carbonyl (C=O) groups is 1. The van der Waals surface area contributed by atoms with Crippen molar-refractivity contribution in [3.8, 4) is 0 Å². The van der Waals surface area contributed by atoms with Gasteiger partial charge in [0.2, 0.25) is 5.91 Å². The smallest absolute Gasteiger partial charge is 0.326 e. The lowest BCUT2D eigenvalue weighted by molar-refractivity contribution is -0.137. The van der Waals surface area contributed by atoms with Gasteiger partial charge in [-0.1, -0.05) is 6.07 Å². The lowest BCUT2D eigenvalue weighted by atomic mass is 10.2. The van der Waals surface area contributed by atoms with Crippen molar-refractivity contribution in [2.75, 3.05) is 5.32 Å². The Hall–Kier alpha value is -2.31. The molecule has 112 valence electrons. The summed E-state index contributed by atoms with van der Waals surface area (Å²) in [5.41, 5.74) is -0.664. The third-order valence-corrected chi connectivity index (χ3v) is 2.93. The molecule has 0 aliphatic carbocycles. The van der Waals surface area contributed by atoms with E-state index in [1.807, 2.05) is 0 Å². The molecule has 1 aromatic heterocycles. The van der Waals surface area contributed by atoms with Crippen molar-refractivity contribution in [2.24, 2.45) is 0 Å². The Kier molecular flexibility index (Phi) is 4.30. The number of halogens is 3. The van der Waals surface area contributed by atoms with Crippen LogP contribution in [-0.4, -0.2) is 15.7 Å². The van der Waals surface area contributed by atoms with Gasteiger partial charge in [0.1, 0.15) is 0 Å². The van der Waals surface area contributed by atoms with Gasteiger partial charge >= 0.3 is 6.18 Å². The first kappa shape index (κ1) is 15.1. The molecule has 21 heavy (non-hydrogen) atoms. The molecule has 0 saturated carbocycles. The fraction of sp³-hybridized carbons (Fsp3) is 0.286. The molecule has 0 saturated heterocycles. The number of nitrogens with one attached hydrogen (secondary N) is 1. The molecule has 1 heterocycles. The number of benzene rings is 1. The highest BCUT2D eigenvalue weighted by atomic mass is 19.4. The molecule has 0 unspecified atom stereocenters. The second kappa shape index (κ2) is 5.99. The van der Waals surface area contributed by atoms with Crippen LogP contribution in [0.4, 0.5) is 18.9 Å². The van der Waals surface area contributed by atoms with Gasteiger partial charge in [0.05, 0.1) is 11.6 Å². The normalized spacial score (nSPS) is 13.0. The molecule has 0 aliphatic heterocycles. The maximum atomic E-state index is 12.6. The van der Waals surface area contributed by atoms with E-state index < -0.39 is 11.7 Å². The van der Waals surface area contributed by atoms with Crippen molar-refractivity contribution in [3.63, 3.8) is 0 Å². The molecular formula is C14H14F3N3O. The van der Waals surface area contributed by atoms with Gasteiger partial charge in [0.15, 0.2) is 0 Å². The summed E-state index contributed by atoms with van der Waals surface area (Å²) in [6.45, 7) is 1.80. The minimum absolute atomic E-state index is 0.123. The van der Waals surface area contributed by atoms with Crippen LogP contribution >= 0.6 is 0 Å². The molecule has 1 aromatic carbocycles. The number of carbonyl (C=O) groups excluding carboxylic acids is 1. The number of hydrogen-bond acceptors (Lipinski definition) is 2. The minimum Gasteiger partial charge on any atom is -0.326 e. The second-order valence-electron chi connectivity index (χ2n) is 4.67. The Balaban J connectivity index is 2.00. The maximum Gasteiger partial charge on any atom is 0.416 e. The number of aromatic nitrogens is 2. The quantitative estimate of drug-likeness (QED) is 0.939. The predicted octanol–water partition coefficient (Wildman–Crippen LogP) is 3.49. The molecule has 0 radical (unpaired) electrons. The van der Waals surface area contributed by atoms with Gasteiger partial charge in [0.25, 0.3) is 0 Å². The first-order chi connectivity index (χ1) is 9.86. The standard InChI is InChI=1S/C14H14F3N3O/c1-10(20-7-3-6-18-20)8-13(21)19-12-5-2-4-11(9-12)14(15,16)17/h2-7,9-10H,8H2,1H3,(H,19,21)/t10-/m0/s1. The van der Waals surface area contributed by atoms with E-state index in [9.17, 15) is 18.0 Å². The van der Waals surface area contributed by atoms with Gasteiger partial charge in [-0.25, -0.2) is 0 Å². The van der Waals surface area contributed by atoms with Gasteiger partial charge in [-0.3, -0.25) is 9.48 Å². The van der Waals surface area contributed by atoms with E-state index in [-0.39, 0.29) is 24.1 Å². The van der Waals surface area contributed by atoms with E-state index in [0.29, 0.717) is 0 Å². The van der Waals surface area contributed by atoms with E-state index in [2.05, 4.69) is 10.4 Å². The van der Waals surface area contributed by atoms with E-state index in [1.54, 1.807) is 30.1 Å². The number of alkyl halides is 3. The molecule has 1 amide bonds. The molecule has 1 N–H and O–H groups in total. The highest BCUT2D eigenvalue weighted by Gasteiger charge is 2.30. The van der Waals surface area contributed by atoms with Gasteiger partial charge in [-0.15, -0.1) is 0 Å². The molecule has 0 aliphatic rings. The molecule has 1 atom stereocenters. The van der Waals surface area contributed by atoms with Crippen molar-refractivity contribution < 1.29 is 18.0 Å². The van der Waals surface area contributed by atoms with E-state index in [1.165, 1.54) is 12.1 Å². The van der Waals surface area contributed by atoms with Crippen molar-refractivity contribution in [1.82, 2.24) is 9.78 Å². The van der Waals surface area contributed by atoms with Crippen molar-refractivity contribution in [1.29, 1.82) is 0 Å². The molecule has 0 fully saturated rings. The minimum atomic E-state index is -4.43. The van der Waals surface area contributed by atoms with Crippen molar-refractivity contribution >= 4 is 11.6 Å². The number of nitrogens with zero attached hydrogens (tertiary/aromatic N) is 2. The average molecular weight is 297 g/mol. The van der Waals surface area contributed by atoms with E-state index >= 15 is 0 Å². The van der Waals surface area contributed by atoms with Crippen LogP contribution in [0.15, 0.2) is 42.7 Å². The van der Waals surface area contributed by atoms with Crippen molar-refractivity contribution in [2.45, 2.75) is 25.6 Å². The molecular weight excluding hydrogens is 283 g/mol. The van der Waals surface area contributed by atoms with Gasteiger partial charge < -0.3 is 5.32 Å². The largest absolute Gasteiger partial charge is 0.416 e. The Morgan fingerprint density at radius 2 is 2.14 bits per heavy atom. The summed E-state index contributed by atoms with van der Waals surface area (Å²) in [6.07, 6.45) is -0.982. The summed E-state index contributed by atoms with van der Waals surface area (Å²) >= 11 is 0. The van der Waals surface area contributed by atoms with Crippen LogP contribution in [0.25, 0.3) is 0 Å². The summed E-state index contributed by atoms with van der Waals surface area (Å²) in [4.78, 5) is 11.8. The summed E-state index contributed by atoms with van der Waals surface area (Å²) in [7, 11) is 0. The first-order valence-electron chi connectivity index (χ1n) is 6.32. The SMILES string of the molecule is C[C@@H](CC(=O)Nc1cccc(C(F)(F)F)c1)n1cccn1. The Morgan fingerprint density at radius 1 is 1.38 bits per heavy atom. The van der Waals surface area contributed by atoms with Gasteiger partial charge in [0, 0.05) is 24.5 Å². The molecule has 4 nitrogen and oxygen atoms in total. The third kappa shape index (κ3) is 4.08. The Labute approximate surface area is 119 Å². The molecule has 0 bridgehead atoms.